The minimum atomic E-state index is -4.90. The second-order valence-electron chi connectivity index (χ2n) is 6.77. The molecule has 0 N–H and O–H groups in total. The van der Waals surface area contributed by atoms with E-state index in [9.17, 15) is 18.0 Å². The molecule has 3 rings (SSSR count). The summed E-state index contributed by atoms with van der Waals surface area (Å²) in [7, 11) is 1.49. The van der Waals surface area contributed by atoms with Gasteiger partial charge in [-0.1, -0.05) is 30.3 Å². The highest BCUT2D eigenvalue weighted by atomic mass is 19.4. The van der Waals surface area contributed by atoms with Crippen LogP contribution in [-0.2, 0) is 16.1 Å². The Morgan fingerprint density at radius 1 is 1.14 bits per heavy atom. The van der Waals surface area contributed by atoms with Crippen molar-refractivity contribution < 1.29 is 27.4 Å². The lowest BCUT2D eigenvalue weighted by Gasteiger charge is -2.46. The Morgan fingerprint density at radius 2 is 1.83 bits per heavy atom. The van der Waals surface area contributed by atoms with Crippen LogP contribution in [0.1, 0.15) is 25.0 Å². The molecule has 7 heteroatoms. The van der Waals surface area contributed by atoms with E-state index in [1.54, 1.807) is 55.5 Å². The molecule has 1 aliphatic rings. The highest BCUT2D eigenvalue weighted by Crippen LogP contribution is 2.48. The number of allylic oxidation sites excluding steroid dienone is 1. The van der Waals surface area contributed by atoms with Gasteiger partial charge in [0.05, 0.1) is 13.7 Å². The first-order valence-electron chi connectivity index (χ1n) is 9.18. The number of hydrogen-bond donors (Lipinski definition) is 0. The van der Waals surface area contributed by atoms with E-state index in [2.05, 4.69) is 0 Å². The Labute approximate surface area is 167 Å². The van der Waals surface area contributed by atoms with E-state index in [1.165, 1.54) is 14.0 Å². The van der Waals surface area contributed by atoms with Gasteiger partial charge in [-0.2, -0.15) is 13.2 Å². The van der Waals surface area contributed by atoms with Gasteiger partial charge in [-0.3, -0.25) is 0 Å². The third-order valence-electron chi connectivity index (χ3n) is 4.97. The molecule has 0 saturated carbocycles. The third kappa shape index (κ3) is 3.57. The smallest absolute Gasteiger partial charge is 0.426 e. The molecule has 154 valence electrons. The zero-order valence-electron chi connectivity index (χ0n) is 16.4. The Hall–Kier alpha value is -2.96. The predicted octanol–water partition coefficient (Wildman–Crippen LogP) is 4.98. The van der Waals surface area contributed by atoms with Gasteiger partial charge in [0.1, 0.15) is 5.75 Å². The van der Waals surface area contributed by atoms with Crippen LogP contribution in [0.25, 0.3) is 5.57 Å². The minimum Gasteiger partial charge on any atom is -0.497 e. The molecular weight excluding hydrogens is 383 g/mol. The van der Waals surface area contributed by atoms with Crippen molar-refractivity contribution in [3.63, 3.8) is 0 Å². The molecule has 2 aromatic carbocycles. The van der Waals surface area contributed by atoms with Gasteiger partial charge in [-0.25, -0.2) is 4.79 Å². The van der Waals surface area contributed by atoms with Crippen LogP contribution in [0.2, 0.25) is 0 Å². The summed E-state index contributed by atoms with van der Waals surface area (Å²) in [5.74, 6) is -0.823. The Balaban J connectivity index is 2.27. The first-order chi connectivity index (χ1) is 13.7. The summed E-state index contributed by atoms with van der Waals surface area (Å²) in [6, 6.07) is 13.5. The molecule has 0 saturated heterocycles. The topological polar surface area (TPSA) is 38.8 Å². The molecule has 0 amide bonds. The summed E-state index contributed by atoms with van der Waals surface area (Å²) in [6.45, 7) is 2.76. The maximum atomic E-state index is 14.5. The average Bonchev–Trinajstić information content (AvgIpc) is 2.69. The van der Waals surface area contributed by atoms with Crippen LogP contribution in [0.5, 0.6) is 5.75 Å². The van der Waals surface area contributed by atoms with E-state index < -0.39 is 17.7 Å². The van der Waals surface area contributed by atoms with E-state index in [1.807, 2.05) is 0 Å². The zero-order valence-corrected chi connectivity index (χ0v) is 16.4. The van der Waals surface area contributed by atoms with Gasteiger partial charge in [0.15, 0.2) is 0 Å². The van der Waals surface area contributed by atoms with Crippen molar-refractivity contribution in [3.05, 3.63) is 65.7 Å². The first-order valence-corrected chi connectivity index (χ1v) is 9.18. The van der Waals surface area contributed by atoms with Crippen LogP contribution in [-0.4, -0.2) is 31.4 Å². The summed E-state index contributed by atoms with van der Waals surface area (Å²) < 4.78 is 53.7. The first kappa shape index (κ1) is 20.8. The summed E-state index contributed by atoms with van der Waals surface area (Å²) in [5.41, 5.74) is -1.09. The second kappa shape index (κ2) is 7.81. The fourth-order valence-corrected chi connectivity index (χ4v) is 3.59. The van der Waals surface area contributed by atoms with Crippen LogP contribution >= 0.6 is 0 Å². The van der Waals surface area contributed by atoms with Gasteiger partial charge >= 0.3 is 12.1 Å². The molecule has 4 nitrogen and oxygen atoms in total. The van der Waals surface area contributed by atoms with Gasteiger partial charge in [0.25, 0.3) is 5.54 Å². The lowest BCUT2D eigenvalue weighted by molar-refractivity contribution is -0.196. The Kier molecular flexibility index (Phi) is 5.59. The monoisotopic (exact) mass is 405 g/mol. The minimum absolute atomic E-state index is 0.123. The third-order valence-corrected chi connectivity index (χ3v) is 4.97. The number of benzene rings is 2. The average molecular weight is 405 g/mol. The molecule has 1 aliphatic heterocycles. The van der Waals surface area contributed by atoms with E-state index in [0.717, 1.165) is 11.0 Å². The van der Waals surface area contributed by atoms with Crippen molar-refractivity contribution in [2.75, 3.05) is 18.6 Å². The van der Waals surface area contributed by atoms with Gasteiger partial charge in [0, 0.05) is 17.8 Å². The fourth-order valence-electron chi connectivity index (χ4n) is 3.59. The largest absolute Gasteiger partial charge is 0.497 e. The number of rotatable bonds is 5. The van der Waals surface area contributed by atoms with Crippen LogP contribution in [0.3, 0.4) is 0 Å². The van der Waals surface area contributed by atoms with E-state index in [0.29, 0.717) is 28.1 Å². The van der Waals surface area contributed by atoms with E-state index in [-0.39, 0.29) is 13.2 Å². The number of halogens is 3. The molecule has 0 fully saturated rings. The standard InChI is InChI=1S/C22H22F3NO3/c1-4-29-20(27)21(22(23,24)25)13-15(2)18-12-17(28-3)10-11-19(18)26(21)14-16-8-6-5-7-9-16/h5-13H,4,14H2,1-3H3. The summed E-state index contributed by atoms with van der Waals surface area (Å²) in [5, 5.41) is 0. The predicted molar refractivity (Wildman–Crippen MR) is 105 cm³/mol. The maximum absolute atomic E-state index is 14.5. The molecule has 29 heavy (non-hydrogen) atoms. The van der Waals surface area contributed by atoms with Crippen molar-refractivity contribution in [2.45, 2.75) is 32.1 Å². The lowest BCUT2D eigenvalue weighted by Crippen LogP contribution is -2.64. The molecule has 0 aromatic heterocycles. The number of hydrogen-bond acceptors (Lipinski definition) is 4. The molecular formula is C22H22F3NO3. The number of anilines is 1. The maximum Gasteiger partial charge on any atom is 0.426 e. The van der Waals surface area contributed by atoms with E-state index >= 15 is 0 Å². The second-order valence-corrected chi connectivity index (χ2v) is 6.77. The van der Waals surface area contributed by atoms with Crippen molar-refractivity contribution in [2.24, 2.45) is 0 Å². The van der Waals surface area contributed by atoms with Crippen LogP contribution in [0.4, 0.5) is 18.9 Å². The lowest BCUT2D eigenvalue weighted by atomic mass is 9.84. The van der Waals surface area contributed by atoms with Crippen LogP contribution in [0.15, 0.2) is 54.6 Å². The number of esters is 1. The molecule has 0 radical (unpaired) electrons. The van der Waals surface area contributed by atoms with Crippen LogP contribution in [0, 0.1) is 0 Å². The fraction of sp³-hybridized carbons (Fsp3) is 0.318. The SMILES string of the molecule is CCOC(=O)C1(C(F)(F)F)C=C(C)c2cc(OC)ccc2N1Cc1ccccc1. The molecule has 1 heterocycles. The number of carbonyl (C=O) groups is 1. The van der Waals surface area contributed by atoms with Gasteiger partial charge < -0.3 is 14.4 Å². The number of carbonyl (C=O) groups excluding carboxylic acids is 1. The molecule has 1 atom stereocenters. The summed E-state index contributed by atoms with van der Waals surface area (Å²) >= 11 is 0. The summed E-state index contributed by atoms with van der Waals surface area (Å²) in [6.07, 6.45) is -3.94. The number of alkyl halides is 3. The Morgan fingerprint density at radius 3 is 2.41 bits per heavy atom. The molecule has 0 aliphatic carbocycles. The number of nitrogens with zero attached hydrogens (tertiary/aromatic N) is 1. The molecule has 1 unspecified atom stereocenters. The van der Waals surface area contributed by atoms with Gasteiger partial charge in [-0.15, -0.1) is 0 Å². The van der Waals surface area contributed by atoms with Crippen molar-refractivity contribution >= 4 is 17.2 Å². The quantitative estimate of drug-likeness (QED) is 0.658. The molecule has 0 bridgehead atoms. The van der Waals surface area contributed by atoms with Gasteiger partial charge in [-0.05, 0) is 49.3 Å². The number of ether oxygens (including phenoxy) is 2. The Bertz CT molecular complexity index is 925. The summed E-state index contributed by atoms with van der Waals surface area (Å²) in [4.78, 5) is 13.9. The van der Waals surface area contributed by atoms with Crippen LogP contribution < -0.4 is 9.64 Å². The van der Waals surface area contributed by atoms with Gasteiger partial charge in [0.2, 0.25) is 0 Å². The highest BCUT2D eigenvalue weighted by Gasteiger charge is 2.65. The number of fused-ring (bicyclic) bond motifs is 1. The highest BCUT2D eigenvalue weighted by molar-refractivity contribution is 5.96. The molecule has 0 spiro atoms. The van der Waals surface area contributed by atoms with E-state index in [4.69, 9.17) is 9.47 Å². The van der Waals surface area contributed by atoms with Crippen molar-refractivity contribution in [1.29, 1.82) is 0 Å². The van der Waals surface area contributed by atoms with Crippen molar-refractivity contribution in [3.8, 4) is 5.75 Å². The number of methoxy groups -OCH3 is 1. The normalized spacial score (nSPS) is 18.7. The zero-order chi connectivity index (χ0) is 21.2. The molecule has 2 aromatic rings. The van der Waals surface area contributed by atoms with Crippen molar-refractivity contribution in [1.82, 2.24) is 0 Å².